The Labute approximate surface area is 136 Å². The summed E-state index contributed by atoms with van der Waals surface area (Å²) < 4.78 is 8.01. The van der Waals surface area contributed by atoms with E-state index in [0.29, 0.717) is 0 Å². The molecule has 0 bridgehead atoms. The van der Waals surface area contributed by atoms with Gasteiger partial charge in [-0.1, -0.05) is 24.8 Å². The molecule has 0 unspecified atom stereocenters. The molecule has 1 N–H and O–H groups in total. The van der Waals surface area contributed by atoms with E-state index in [0.717, 1.165) is 40.8 Å². The van der Waals surface area contributed by atoms with E-state index in [1.165, 1.54) is 5.56 Å². The van der Waals surface area contributed by atoms with E-state index in [2.05, 4.69) is 49.8 Å². The van der Waals surface area contributed by atoms with Crippen molar-refractivity contribution < 1.29 is 4.74 Å². The highest BCUT2D eigenvalue weighted by Gasteiger charge is 2.08. The van der Waals surface area contributed by atoms with Gasteiger partial charge in [0.05, 0.1) is 18.1 Å². The zero-order valence-electron chi connectivity index (χ0n) is 12.0. The van der Waals surface area contributed by atoms with Crippen LogP contribution >= 0.6 is 27.7 Å². The Morgan fingerprint density at radius 2 is 2.29 bits per heavy atom. The maximum atomic E-state index is 5.23. The summed E-state index contributed by atoms with van der Waals surface area (Å²) in [5.41, 5.74) is 1.19. The summed E-state index contributed by atoms with van der Waals surface area (Å²) in [6.07, 6.45) is 0. The molecule has 0 aliphatic carbocycles. The van der Waals surface area contributed by atoms with Crippen LogP contribution < -0.4 is 10.1 Å². The summed E-state index contributed by atoms with van der Waals surface area (Å²) in [5, 5.41) is 15.9. The van der Waals surface area contributed by atoms with Crippen molar-refractivity contribution in [2.75, 3.05) is 20.2 Å². The number of hydrogen-bond acceptors (Lipinski definition) is 6. The minimum Gasteiger partial charge on any atom is -0.496 e. The number of nitrogens with one attached hydrogen (secondary N) is 1. The van der Waals surface area contributed by atoms with E-state index in [1.54, 1.807) is 18.9 Å². The summed E-state index contributed by atoms with van der Waals surface area (Å²) in [5.74, 6) is 1.64. The van der Waals surface area contributed by atoms with Crippen molar-refractivity contribution >= 4 is 27.7 Å². The van der Waals surface area contributed by atoms with Gasteiger partial charge < -0.3 is 10.1 Å². The average molecular weight is 372 g/mol. The number of tetrazole rings is 1. The minimum atomic E-state index is 0.773. The lowest BCUT2D eigenvalue weighted by Crippen LogP contribution is -2.20. The third-order valence-electron chi connectivity index (χ3n) is 2.83. The molecule has 0 aliphatic heterocycles. The SMILES string of the molecule is CCNCCn1nnnc1SCc1ccc(OC)c(Br)c1. The molecule has 1 aromatic heterocycles. The van der Waals surface area contributed by atoms with Crippen LogP contribution in [0, 0.1) is 0 Å². The Kier molecular flexibility index (Phi) is 6.47. The van der Waals surface area contributed by atoms with Crippen molar-refractivity contribution in [1.82, 2.24) is 25.5 Å². The fourth-order valence-corrected chi connectivity index (χ4v) is 3.18. The van der Waals surface area contributed by atoms with Gasteiger partial charge in [0.1, 0.15) is 5.75 Å². The molecule has 2 aromatic rings. The number of methoxy groups -OCH3 is 1. The normalized spacial score (nSPS) is 10.8. The minimum absolute atomic E-state index is 0.773. The Morgan fingerprint density at radius 1 is 1.43 bits per heavy atom. The third kappa shape index (κ3) is 4.69. The van der Waals surface area contributed by atoms with Gasteiger partial charge in [0.15, 0.2) is 0 Å². The first-order valence-electron chi connectivity index (χ1n) is 6.66. The zero-order chi connectivity index (χ0) is 15.1. The van der Waals surface area contributed by atoms with Gasteiger partial charge in [-0.2, -0.15) is 0 Å². The predicted molar refractivity (Wildman–Crippen MR) is 86.6 cm³/mol. The molecule has 0 saturated heterocycles. The van der Waals surface area contributed by atoms with Gasteiger partial charge in [0.2, 0.25) is 5.16 Å². The first-order chi connectivity index (χ1) is 10.2. The number of halogens is 1. The summed E-state index contributed by atoms with van der Waals surface area (Å²) in [6, 6.07) is 6.05. The smallest absolute Gasteiger partial charge is 0.209 e. The highest BCUT2D eigenvalue weighted by Crippen LogP contribution is 2.28. The molecular formula is C13H18BrN5OS. The Balaban J connectivity index is 1.94. The molecule has 2 rings (SSSR count). The van der Waals surface area contributed by atoms with E-state index in [4.69, 9.17) is 4.74 Å². The van der Waals surface area contributed by atoms with Crippen molar-refractivity contribution in [2.45, 2.75) is 24.4 Å². The van der Waals surface area contributed by atoms with Crippen molar-refractivity contribution in [3.8, 4) is 5.75 Å². The molecule has 0 fully saturated rings. The number of rotatable bonds is 8. The molecule has 21 heavy (non-hydrogen) atoms. The highest BCUT2D eigenvalue weighted by molar-refractivity contribution is 9.10. The second kappa shape index (κ2) is 8.35. The van der Waals surface area contributed by atoms with Crippen LogP contribution in [-0.2, 0) is 12.3 Å². The van der Waals surface area contributed by atoms with Gasteiger partial charge in [-0.05, 0) is 50.6 Å². The molecule has 0 amide bonds. The van der Waals surface area contributed by atoms with Crippen LogP contribution in [0.25, 0.3) is 0 Å². The van der Waals surface area contributed by atoms with Gasteiger partial charge in [-0.25, -0.2) is 4.68 Å². The van der Waals surface area contributed by atoms with E-state index in [-0.39, 0.29) is 0 Å². The number of benzene rings is 1. The van der Waals surface area contributed by atoms with E-state index in [9.17, 15) is 0 Å². The molecule has 1 aromatic carbocycles. The van der Waals surface area contributed by atoms with E-state index < -0.39 is 0 Å². The number of likely N-dealkylation sites (N-methyl/N-ethyl adjacent to an activating group) is 1. The third-order valence-corrected chi connectivity index (χ3v) is 4.48. The van der Waals surface area contributed by atoms with Gasteiger partial charge in [0, 0.05) is 12.3 Å². The van der Waals surface area contributed by atoms with Gasteiger partial charge in [-0.15, -0.1) is 5.10 Å². The van der Waals surface area contributed by atoms with E-state index >= 15 is 0 Å². The van der Waals surface area contributed by atoms with Crippen LogP contribution in [0.5, 0.6) is 5.75 Å². The monoisotopic (exact) mass is 371 g/mol. The second-order valence-corrected chi connectivity index (χ2v) is 6.09. The lowest BCUT2D eigenvalue weighted by Gasteiger charge is -2.07. The van der Waals surface area contributed by atoms with Crippen LogP contribution in [-0.4, -0.2) is 40.4 Å². The summed E-state index contributed by atoms with van der Waals surface area (Å²) in [7, 11) is 1.66. The van der Waals surface area contributed by atoms with Crippen molar-refractivity contribution in [2.24, 2.45) is 0 Å². The van der Waals surface area contributed by atoms with Crippen LogP contribution in [0.3, 0.4) is 0 Å². The van der Waals surface area contributed by atoms with Crippen molar-refractivity contribution in [3.63, 3.8) is 0 Å². The van der Waals surface area contributed by atoms with Crippen LogP contribution in [0.2, 0.25) is 0 Å². The molecule has 6 nitrogen and oxygen atoms in total. The number of nitrogens with zero attached hydrogens (tertiary/aromatic N) is 4. The molecule has 0 atom stereocenters. The summed E-state index contributed by atoms with van der Waals surface area (Å²) in [4.78, 5) is 0. The quantitative estimate of drug-likeness (QED) is 0.567. The highest BCUT2D eigenvalue weighted by atomic mass is 79.9. The van der Waals surface area contributed by atoms with Crippen LogP contribution in [0.4, 0.5) is 0 Å². The molecule has 8 heteroatoms. The average Bonchev–Trinajstić information content (AvgIpc) is 2.93. The Hall–Kier alpha value is -1.12. The second-order valence-electron chi connectivity index (χ2n) is 4.30. The molecular weight excluding hydrogens is 354 g/mol. The van der Waals surface area contributed by atoms with Gasteiger partial charge >= 0.3 is 0 Å². The lowest BCUT2D eigenvalue weighted by atomic mass is 10.2. The number of hydrogen-bond donors (Lipinski definition) is 1. The van der Waals surface area contributed by atoms with Crippen LogP contribution in [0.1, 0.15) is 12.5 Å². The van der Waals surface area contributed by atoms with E-state index in [1.807, 2.05) is 16.8 Å². The number of aromatic nitrogens is 4. The predicted octanol–water partition coefficient (Wildman–Crippen LogP) is 2.35. The topological polar surface area (TPSA) is 64.9 Å². The molecule has 1 heterocycles. The maximum absolute atomic E-state index is 5.23. The van der Waals surface area contributed by atoms with Crippen molar-refractivity contribution in [1.29, 1.82) is 0 Å². The summed E-state index contributed by atoms with van der Waals surface area (Å²) in [6.45, 7) is 4.67. The molecule has 114 valence electrons. The lowest BCUT2D eigenvalue weighted by molar-refractivity contribution is 0.412. The van der Waals surface area contributed by atoms with Gasteiger partial charge in [0.25, 0.3) is 0 Å². The molecule has 0 saturated carbocycles. The largest absolute Gasteiger partial charge is 0.496 e. The molecule has 0 radical (unpaired) electrons. The molecule has 0 spiro atoms. The fourth-order valence-electron chi connectivity index (χ4n) is 1.75. The first kappa shape index (κ1) is 16.3. The number of thioether (sulfide) groups is 1. The Morgan fingerprint density at radius 3 is 3.00 bits per heavy atom. The molecule has 0 aliphatic rings. The number of ether oxygens (including phenoxy) is 1. The van der Waals surface area contributed by atoms with Crippen molar-refractivity contribution in [3.05, 3.63) is 28.2 Å². The maximum Gasteiger partial charge on any atom is 0.209 e. The summed E-state index contributed by atoms with van der Waals surface area (Å²) >= 11 is 5.12. The Bertz CT molecular complexity index is 577. The zero-order valence-corrected chi connectivity index (χ0v) is 14.4. The first-order valence-corrected chi connectivity index (χ1v) is 8.44. The fraction of sp³-hybridized carbons (Fsp3) is 0.462. The van der Waals surface area contributed by atoms with Crippen LogP contribution in [0.15, 0.2) is 27.8 Å². The van der Waals surface area contributed by atoms with Gasteiger partial charge in [-0.3, -0.25) is 0 Å². The standard InChI is InChI=1S/C13H18BrN5OS/c1-3-15-6-7-19-13(16-17-18-19)21-9-10-4-5-12(20-2)11(14)8-10/h4-5,8,15H,3,6-7,9H2,1-2H3.